The molecule has 8 heteroatoms. The van der Waals surface area contributed by atoms with Gasteiger partial charge in [0.1, 0.15) is 5.25 Å². The lowest BCUT2D eigenvalue weighted by Crippen LogP contribution is -2.33. The van der Waals surface area contributed by atoms with Gasteiger partial charge in [-0.05, 0) is 61.0 Å². The number of anilines is 2. The monoisotopic (exact) mass is 398 g/mol. The van der Waals surface area contributed by atoms with E-state index in [4.69, 9.17) is 0 Å². The van der Waals surface area contributed by atoms with E-state index < -0.39 is 28.3 Å². The van der Waals surface area contributed by atoms with Gasteiger partial charge in [0.05, 0.1) is 16.9 Å². The zero-order valence-corrected chi connectivity index (χ0v) is 16.1. The van der Waals surface area contributed by atoms with Gasteiger partial charge < -0.3 is 10.4 Å². The van der Waals surface area contributed by atoms with Crippen LogP contribution in [0.25, 0.3) is 0 Å². The molecule has 0 radical (unpaired) electrons. The quantitative estimate of drug-likeness (QED) is 0.798. The number of carboxylic acids is 1. The first kappa shape index (κ1) is 19.6. The average Bonchev–Trinajstić information content (AvgIpc) is 2.88. The lowest BCUT2D eigenvalue weighted by molar-refractivity contribution is -0.121. The second-order valence-corrected chi connectivity index (χ2v) is 7.65. The topological polar surface area (TPSA) is 104 Å². The van der Waals surface area contributed by atoms with Crippen LogP contribution >= 0.6 is 11.8 Å². The lowest BCUT2D eigenvalue weighted by atomic mass is 10.1. The molecule has 0 aromatic heterocycles. The lowest BCUT2D eigenvalue weighted by Gasteiger charge is -2.14. The Kier molecular flexibility index (Phi) is 5.51. The predicted octanol–water partition coefficient (Wildman–Crippen LogP) is 3.60. The van der Waals surface area contributed by atoms with E-state index in [1.165, 1.54) is 6.07 Å². The van der Waals surface area contributed by atoms with Gasteiger partial charge in [0.15, 0.2) is 0 Å². The number of amides is 3. The molecule has 0 bridgehead atoms. The van der Waals surface area contributed by atoms with E-state index in [0.717, 1.165) is 27.8 Å². The molecule has 0 aliphatic carbocycles. The molecule has 1 saturated heterocycles. The molecule has 1 aliphatic heterocycles. The molecule has 0 saturated carbocycles. The standard InChI is InChI=1S/C20H18N2O5S/c1-11-4-3-5-13(8-11)22-18(24)16(28-20(22)27)10-17(23)21-15-9-12(2)6-7-14(15)19(25)26/h3-9,16H,10H2,1-2H3,(H,21,23)(H,25,26). The Morgan fingerprint density at radius 2 is 1.82 bits per heavy atom. The summed E-state index contributed by atoms with van der Waals surface area (Å²) in [5.41, 5.74) is 2.28. The van der Waals surface area contributed by atoms with Gasteiger partial charge in [0.2, 0.25) is 11.8 Å². The number of rotatable bonds is 5. The van der Waals surface area contributed by atoms with Gasteiger partial charge in [-0.3, -0.25) is 14.4 Å². The highest BCUT2D eigenvalue weighted by atomic mass is 32.2. The summed E-state index contributed by atoms with van der Waals surface area (Å²) in [6, 6.07) is 11.6. The van der Waals surface area contributed by atoms with Crippen LogP contribution in [-0.4, -0.2) is 33.4 Å². The number of carboxylic acid groups (broad SMARTS) is 1. The third-order valence-electron chi connectivity index (χ3n) is 4.23. The maximum atomic E-state index is 12.7. The second-order valence-electron chi connectivity index (χ2n) is 6.49. The van der Waals surface area contributed by atoms with Crippen molar-refractivity contribution < 1.29 is 24.3 Å². The molecular weight excluding hydrogens is 380 g/mol. The van der Waals surface area contributed by atoms with Gasteiger partial charge in [-0.25, -0.2) is 9.69 Å². The molecule has 1 fully saturated rings. The fraction of sp³-hybridized carbons (Fsp3) is 0.200. The third kappa shape index (κ3) is 4.07. The van der Waals surface area contributed by atoms with Crippen LogP contribution in [0.3, 0.4) is 0 Å². The highest BCUT2D eigenvalue weighted by Crippen LogP contribution is 2.34. The first-order chi connectivity index (χ1) is 13.3. The summed E-state index contributed by atoms with van der Waals surface area (Å²) in [6.45, 7) is 3.63. The fourth-order valence-corrected chi connectivity index (χ4v) is 3.89. The molecule has 1 aliphatic rings. The zero-order chi connectivity index (χ0) is 20.4. The minimum Gasteiger partial charge on any atom is -0.478 e. The van der Waals surface area contributed by atoms with Crippen LogP contribution in [0.5, 0.6) is 0 Å². The number of hydrogen-bond acceptors (Lipinski definition) is 5. The van der Waals surface area contributed by atoms with Gasteiger partial charge >= 0.3 is 5.97 Å². The largest absolute Gasteiger partial charge is 0.478 e. The number of nitrogens with one attached hydrogen (secondary N) is 1. The van der Waals surface area contributed by atoms with Crippen molar-refractivity contribution in [3.8, 4) is 0 Å². The second kappa shape index (κ2) is 7.85. The highest BCUT2D eigenvalue weighted by Gasteiger charge is 2.41. The molecular formula is C20H18N2O5S. The van der Waals surface area contributed by atoms with E-state index in [1.54, 1.807) is 37.3 Å². The summed E-state index contributed by atoms with van der Waals surface area (Å²) in [5, 5.41) is 10.5. The van der Waals surface area contributed by atoms with Crippen LogP contribution in [0.1, 0.15) is 27.9 Å². The van der Waals surface area contributed by atoms with Crippen molar-refractivity contribution in [2.24, 2.45) is 0 Å². The van der Waals surface area contributed by atoms with Crippen molar-refractivity contribution in [3.63, 3.8) is 0 Å². The number of aryl methyl sites for hydroxylation is 2. The minimum absolute atomic E-state index is 0.0400. The van der Waals surface area contributed by atoms with Crippen molar-refractivity contribution in [2.75, 3.05) is 10.2 Å². The average molecular weight is 398 g/mol. The number of thioether (sulfide) groups is 1. The Bertz CT molecular complexity index is 988. The number of carbonyl (C=O) groups is 4. The van der Waals surface area contributed by atoms with Crippen LogP contribution in [-0.2, 0) is 9.59 Å². The summed E-state index contributed by atoms with van der Waals surface area (Å²) in [4.78, 5) is 49.7. The van der Waals surface area contributed by atoms with Crippen molar-refractivity contribution in [3.05, 3.63) is 59.2 Å². The normalized spacial score (nSPS) is 16.4. The van der Waals surface area contributed by atoms with Gasteiger partial charge in [-0.1, -0.05) is 18.2 Å². The van der Waals surface area contributed by atoms with Crippen molar-refractivity contribution in [1.29, 1.82) is 0 Å². The number of nitrogens with zero attached hydrogens (tertiary/aromatic N) is 1. The van der Waals surface area contributed by atoms with E-state index in [2.05, 4.69) is 5.32 Å². The molecule has 2 N–H and O–H groups in total. The molecule has 1 heterocycles. The van der Waals surface area contributed by atoms with Crippen molar-refractivity contribution in [2.45, 2.75) is 25.5 Å². The number of carbonyl (C=O) groups excluding carboxylic acids is 3. The highest BCUT2D eigenvalue weighted by molar-refractivity contribution is 8.15. The molecule has 28 heavy (non-hydrogen) atoms. The van der Waals surface area contributed by atoms with Crippen LogP contribution in [0.2, 0.25) is 0 Å². The molecule has 7 nitrogen and oxygen atoms in total. The van der Waals surface area contributed by atoms with Crippen molar-refractivity contribution >= 4 is 46.2 Å². The first-order valence-electron chi connectivity index (χ1n) is 8.51. The Morgan fingerprint density at radius 1 is 1.11 bits per heavy atom. The maximum Gasteiger partial charge on any atom is 0.337 e. The number of imide groups is 1. The predicted molar refractivity (Wildman–Crippen MR) is 107 cm³/mol. The van der Waals surface area contributed by atoms with E-state index in [0.29, 0.717) is 5.69 Å². The minimum atomic E-state index is -1.16. The molecule has 0 spiro atoms. The van der Waals surface area contributed by atoms with Crippen molar-refractivity contribution in [1.82, 2.24) is 0 Å². The van der Waals surface area contributed by atoms with Gasteiger partial charge in [-0.2, -0.15) is 0 Å². The summed E-state index contributed by atoms with van der Waals surface area (Å²) >= 11 is 0.795. The molecule has 3 amide bonds. The van der Waals surface area contributed by atoms with Crippen LogP contribution in [0, 0.1) is 13.8 Å². The van der Waals surface area contributed by atoms with E-state index in [9.17, 15) is 24.3 Å². The Balaban J connectivity index is 1.73. The van der Waals surface area contributed by atoms with E-state index >= 15 is 0 Å². The van der Waals surface area contributed by atoms with Crippen LogP contribution in [0.15, 0.2) is 42.5 Å². The first-order valence-corrected chi connectivity index (χ1v) is 9.39. The molecule has 144 valence electrons. The smallest absolute Gasteiger partial charge is 0.337 e. The molecule has 2 aromatic rings. The third-order valence-corrected chi connectivity index (χ3v) is 5.27. The zero-order valence-electron chi connectivity index (χ0n) is 15.3. The fourth-order valence-electron chi connectivity index (χ4n) is 2.91. The SMILES string of the molecule is Cc1cccc(N2C(=O)SC(CC(=O)Nc3cc(C)ccc3C(=O)O)C2=O)c1. The Labute approximate surface area is 165 Å². The number of benzene rings is 2. The summed E-state index contributed by atoms with van der Waals surface area (Å²) in [5.74, 6) is -2.15. The Morgan fingerprint density at radius 3 is 2.50 bits per heavy atom. The maximum absolute atomic E-state index is 12.7. The summed E-state index contributed by atoms with van der Waals surface area (Å²) < 4.78 is 0. The van der Waals surface area contributed by atoms with Crippen LogP contribution < -0.4 is 10.2 Å². The molecule has 1 unspecified atom stereocenters. The van der Waals surface area contributed by atoms with Gasteiger partial charge in [0.25, 0.3) is 5.24 Å². The summed E-state index contributed by atoms with van der Waals surface area (Å²) in [6.07, 6.45) is -0.232. The molecule has 3 rings (SSSR count). The Hall–Kier alpha value is -3.13. The number of hydrogen-bond donors (Lipinski definition) is 2. The van der Waals surface area contributed by atoms with Crippen LogP contribution in [0.4, 0.5) is 16.2 Å². The van der Waals surface area contributed by atoms with E-state index in [1.807, 2.05) is 13.0 Å². The van der Waals surface area contributed by atoms with Gasteiger partial charge in [0, 0.05) is 6.42 Å². The molecule has 1 atom stereocenters. The van der Waals surface area contributed by atoms with E-state index in [-0.39, 0.29) is 17.7 Å². The number of aromatic carboxylic acids is 1. The molecule has 2 aromatic carbocycles. The summed E-state index contributed by atoms with van der Waals surface area (Å²) in [7, 11) is 0. The van der Waals surface area contributed by atoms with Gasteiger partial charge in [-0.15, -0.1) is 0 Å².